The number of carbonyl (C=O) groups excluding carboxylic acids is 2. The van der Waals surface area contributed by atoms with Gasteiger partial charge in [0.1, 0.15) is 4.90 Å². The molecule has 4 rings (SSSR count). The van der Waals surface area contributed by atoms with E-state index < -0.39 is 33.6 Å². The SMILES string of the molecule is O=C(C[C@@H](CCCC1CCCCC1)c1nc(C(=O)NS(=O)(=O)c2cccc3cccnc23)no1)NO. The molecular formula is C24H29N5O6S. The fraction of sp³-hybridized carbons (Fsp3) is 0.458. The number of nitrogens with one attached hydrogen (secondary N) is 2. The summed E-state index contributed by atoms with van der Waals surface area (Å²) in [5, 5.41) is 13.2. The van der Waals surface area contributed by atoms with Crippen LogP contribution in [0.1, 0.15) is 80.2 Å². The quantitative estimate of drug-likeness (QED) is 0.271. The molecule has 1 fully saturated rings. The molecule has 2 heterocycles. The van der Waals surface area contributed by atoms with E-state index in [-0.39, 0.29) is 22.7 Å². The Morgan fingerprint density at radius 2 is 1.92 bits per heavy atom. The molecule has 0 spiro atoms. The van der Waals surface area contributed by atoms with Crippen molar-refractivity contribution in [3.63, 3.8) is 0 Å². The molecule has 12 heteroatoms. The lowest BCUT2D eigenvalue weighted by Gasteiger charge is -2.22. The third kappa shape index (κ3) is 6.24. The van der Waals surface area contributed by atoms with Crippen LogP contribution in [-0.2, 0) is 14.8 Å². The van der Waals surface area contributed by atoms with Gasteiger partial charge in [0, 0.05) is 23.9 Å². The maximum atomic E-state index is 12.9. The average molecular weight is 516 g/mol. The summed E-state index contributed by atoms with van der Waals surface area (Å²) in [5.41, 5.74) is 1.83. The predicted octanol–water partition coefficient (Wildman–Crippen LogP) is 3.47. The van der Waals surface area contributed by atoms with Gasteiger partial charge in [0.25, 0.3) is 15.8 Å². The molecule has 3 N–H and O–H groups in total. The Labute approximate surface area is 208 Å². The van der Waals surface area contributed by atoms with Crippen LogP contribution in [0.2, 0.25) is 0 Å². The Hall–Kier alpha value is -3.38. The van der Waals surface area contributed by atoms with E-state index >= 15 is 0 Å². The first-order chi connectivity index (χ1) is 17.4. The number of sulfonamides is 1. The van der Waals surface area contributed by atoms with Crippen molar-refractivity contribution in [1.29, 1.82) is 0 Å². The van der Waals surface area contributed by atoms with Gasteiger partial charge in [0.2, 0.25) is 11.8 Å². The zero-order valence-electron chi connectivity index (χ0n) is 19.7. The van der Waals surface area contributed by atoms with E-state index in [1.165, 1.54) is 44.4 Å². The highest BCUT2D eigenvalue weighted by Crippen LogP contribution is 2.31. The normalized spacial score (nSPS) is 15.5. The molecule has 36 heavy (non-hydrogen) atoms. The summed E-state index contributed by atoms with van der Waals surface area (Å²) in [4.78, 5) is 32.6. The molecule has 192 valence electrons. The number of hydrogen-bond donors (Lipinski definition) is 3. The second kappa shape index (κ2) is 11.6. The van der Waals surface area contributed by atoms with Crippen molar-refractivity contribution in [2.75, 3.05) is 0 Å². The standard InChI is InChI=1S/C24H29N5O6S/c30-20(27-32)15-18(11-4-9-16-7-2-1-3-8-16)24-26-22(28-35-24)23(31)29-36(33,34)19-13-5-10-17-12-6-14-25-21(17)19/h5-6,10,12-14,16,18,32H,1-4,7-9,11,15H2,(H,27,30)(H,29,31)/t18-/m1/s1. The van der Waals surface area contributed by atoms with E-state index in [9.17, 15) is 18.0 Å². The molecule has 1 aliphatic carbocycles. The van der Waals surface area contributed by atoms with Crippen molar-refractivity contribution in [3.8, 4) is 0 Å². The number of aromatic nitrogens is 3. The molecule has 0 saturated heterocycles. The van der Waals surface area contributed by atoms with Gasteiger partial charge in [0.05, 0.1) is 5.52 Å². The van der Waals surface area contributed by atoms with Crippen molar-refractivity contribution in [1.82, 2.24) is 25.3 Å². The van der Waals surface area contributed by atoms with E-state index in [2.05, 4.69) is 15.1 Å². The highest BCUT2D eigenvalue weighted by Gasteiger charge is 2.28. The van der Waals surface area contributed by atoms with Gasteiger partial charge in [-0.15, -0.1) is 0 Å². The fourth-order valence-electron chi connectivity index (χ4n) is 4.72. The van der Waals surface area contributed by atoms with Crippen molar-refractivity contribution in [3.05, 3.63) is 48.2 Å². The summed E-state index contributed by atoms with van der Waals surface area (Å²) >= 11 is 0. The molecule has 0 bridgehead atoms. The number of amides is 2. The molecule has 2 amide bonds. The van der Waals surface area contributed by atoms with Crippen molar-refractivity contribution in [2.45, 2.75) is 68.6 Å². The topological polar surface area (TPSA) is 164 Å². The molecule has 1 saturated carbocycles. The van der Waals surface area contributed by atoms with Gasteiger partial charge in [0.15, 0.2) is 0 Å². The third-order valence-electron chi connectivity index (χ3n) is 6.55. The van der Waals surface area contributed by atoms with Gasteiger partial charge in [-0.3, -0.25) is 19.8 Å². The van der Waals surface area contributed by atoms with E-state index in [0.717, 1.165) is 12.8 Å². The number of hydroxylamine groups is 1. The van der Waals surface area contributed by atoms with Crippen LogP contribution in [0.4, 0.5) is 0 Å². The largest absolute Gasteiger partial charge is 0.338 e. The first kappa shape index (κ1) is 25.7. The predicted molar refractivity (Wildman–Crippen MR) is 128 cm³/mol. The Kier molecular flexibility index (Phi) is 8.26. The van der Waals surface area contributed by atoms with Crippen molar-refractivity contribution in [2.24, 2.45) is 5.92 Å². The van der Waals surface area contributed by atoms with E-state index in [1.807, 2.05) is 4.72 Å². The smallest absolute Gasteiger partial charge is 0.306 e. The Morgan fingerprint density at radius 3 is 2.69 bits per heavy atom. The number of carbonyl (C=O) groups is 2. The third-order valence-corrected chi connectivity index (χ3v) is 7.92. The number of hydrogen-bond acceptors (Lipinski definition) is 9. The van der Waals surface area contributed by atoms with Crippen LogP contribution >= 0.6 is 0 Å². The van der Waals surface area contributed by atoms with Gasteiger partial charge in [-0.25, -0.2) is 18.6 Å². The minimum atomic E-state index is -4.28. The van der Waals surface area contributed by atoms with Crippen LogP contribution in [0, 0.1) is 5.92 Å². The van der Waals surface area contributed by atoms with Gasteiger partial charge in [-0.1, -0.05) is 68.3 Å². The van der Waals surface area contributed by atoms with Gasteiger partial charge < -0.3 is 4.52 Å². The lowest BCUT2D eigenvalue weighted by atomic mass is 9.84. The maximum absolute atomic E-state index is 12.9. The molecule has 0 aliphatic heterocycles. The average Bonchev–Trinajstić information content (AvgIpc) is 3.38. The van der Waals surface area contributed by atoms with E-state index in [4.69, 9.17) is 9.73 Å². The number of rotatable bonds is 10. The first-order valence-corrected chi connectivity index (χ1v) is 13.5. The molecule has 1 aromatic carbocycles. The van der Waals surface area contributed by atoms with Crippen LogP contribution in [0.25, 0.3) is 10.9 Å². The lowest BCUT2D eigenvalue weighted by molar-refractivity contribution is -0.129. The molecule has 3 aromatic rings. The van der Waals surface area contributed by atoms with Crippen LogP contribution in [0.15, 0.2) is 45.9 Å². The van der Waals surface area contributed by atoms with Crippen LogP contribution in [-0.4, -0.2) is 40.6 Å². The summed E-state index contributed by atoms with van der Waals surface area (Å²) in [6.45, 7) is 0. The molecule has 1 atom stereocenters. The number of para-hydroxylation sites is 1. The number of nitrogens with zero attached hydrogens (tertiary/aromatic N) is 3. The zero-order valence-corrected chi connectivity index (χ0v) is 20.5. The summed E-state index contributed by atoms with van der Waals surface area (Å²) in [6.07, 6.45) is 9.89. The van der Waals surface area contributed by atoms with Gasteiger partial charge in [-0.05, 0) is 24.5 Å². The second-order valence-corrected chi connectivity index (χ2v) is 10.7. The van der Waals surface area contributed by atoms with Gasteiger partial charge >= 0.3 is 5.91 Å². The Balaban J connectivity index is 1.46. The zero-order chi connectivity index (χ0) is 25.5. The Bertz CT molecular complexity index is 1310. The van der Waals surface area contributed by atoms with Crippen LogP contribution in [0.3, 0.4) is 0 Å². The highest BCUT2D eigenvalue weighted by molar-refractivity contribution is 7.90. The summed E-state index contributed by atoms with van der Waals surface area (Å²) in [7, 11) is -4.28. The molecule has 2 aromatic heterocycles. The lowest BCUT2D eigenvalue weighted by Crippen LogP contribution is -2.31. The maximum Gasteiger partial charge on any atom is 0.306 e. The van der Waals surface area contributed by atoms with Crippen LogP contribution in [0.5, 0.6) is 0 Å². The summed E-state index contributed by atoms with van der Waals surface area (Å²) < 4.78 is 33.0. The van der Waals surface area contributed by atoms with E-state index in [0.29, 0.717) is 17.7 Å². The molecule has 1 aliphatic rings. The molecule has 0 unspecified atom stereocenters. The Morgan fingerprint density at radius 1 is 1.14 bits per heavy atom. The van der Waals surface area contributed by atoms with Gasteiger partial charge in [-0.2, -0.15) is 4.98 Å². The van der Waals surface area contributed by atoms with E-state index in [1.54, 1.807) is 29.7 Å². The summed E-state index contributed by atoms with van der Waals surface area (Å²) in [6, 6.07) is 8.01. The van der Waals surface area contributed by atoms with Crippen molar-refractivity contribution < 1.29 is 27.7 Å². The minimum Gasteiger partial charge on any atom is -0.338 e. The summed E-state index contributed by atoms with van der Waals surface area (Å²) in [5.74, 6) is -1.98. The monoisotopic (exact) mass is 515 g/mol. The second-order valence-electron chi connectivity index (χ2n) is 9.09. The van der Waals surface area contributed by atoms with Crippen LogP contribution < -0.4 is 10.2 Å². The minimum absolute atomic E-state index is 0.0385. The molecular weight excluding hydrogens is 486 g/mol. The fourth-order valence-corrected chi connectivity index (χ4v) is 5.85. The number of pyridine rings is 1. The highest BCUT2D eigenvalue weighted by atomic mass is 32.2. The molecule has 11 nitrogen and oxygen atoms in total. The first-order valence-electron chi connectivity index (χ1n) is 12.0. The van der Waals surface area contributed by atoms with Crippen molar-refractivity contribution >= 4 is 32.7 Å². The number of fused-ring (bicyclic) bond motifs is 1. The molecule has 0 radical (unpaired) electrons. The number of benzene rings is 1.